The zero-order chi connectivity index (χ0) is 7.82. The minimum absolute atomic E-state index is 0.738. The van der Waals surface area contributed by atoms with Gasteiger partial charge in [0.25, 0.3) is 0 Å². The summed E-state index contributed by atoms with van der Waals surface area (Å²) in [6.07, 6.45) is 2.28. The Bertz CT molecular complexity index is 50.0. The van der Waals surface area contributed by atoms with Crippen LogP contribution in [0, 0.1) is 5.92 Å². The highest BCUT2D eigenvalue weighted by Gasteiger charge is 2.06. The SMILES string of the molecule is CCC[C](COC)COC. The first-order chi connectivity index (χ1) is 4.85. The maximum Gasteiger partial charge on any atom is 0.0547 e. The molecular weight excluding hydrogens is 128 g/mol. The summed E-state index contributed by atoms with van der Waals surface area (Å²) >= 11 is 0. The van der Waals surface area contributed by atoms with Crippen molar-refractivity contribution in [2.75, 3.05) is 27.4 Å². The fourth-order valence-electron chi connectivity index (χ4n) is 0.948. The van der Waals surface area contributed by atoms with E-state index in [2.05, 4.69) is 6.92 Å². The minimum Gasteiger partial charge on any atom is -0.384 e. The molecule has 61 valence electrons. The van der Waals surface area contributed by atoms with Crippen LogP contribution in [0.25, 0.3) is 0 Å². The van der Waals surface area contributed by atoms with Gasteiger partial charge in [0.2, 0.25) is 0 Å². The molecule has 0 aliphatic carbocycles. The number of ether oxygens (including phenoxy) is 2. The molecule has 0 aliphatic rings. The Morgan fingerprint density at radius 2 is 1.60 bits per heavy atom. The fourth-order valence-corrected chi connectivity index (χ4v) is 0.948. The highest BCUT2D eigenvalue weighted by Crippen LogP contribution is 2.08. The van der Waals surface area contributed by atoms with E-state index < -0.39 is 0 Å². The largest absolute Gasteiger partial charge is 0.384 e. The lowest BCUT2D eigenvalue weighted by Gasteiger charge is -2.11. The predicted molar refractivity (Wildman–Crippen MR) is 41.9 cm³/mol. The molecule has 0 saturated carbocycles. The third-order valence-electron chi connectivity index (χ3n) is 1.30. The molecule has 0 heterocycles. The van der Waals surface area contributed by atoms with Crippen LogP contribution in [0.1, 0.15) is 19.8 Å². The zero-order valence-corrected chi connectivity index (χ0v) is 7.14. The Hall–Kier alpha value is -0.0800. The van der Waals surface area contributed by atoms with Crippen molar-refractivity contribution in [1.82, 2.24) is 0 Å². The molecule has 0 atom stereocenters. The quantitative estimate of drug-likeness (QED) is 0.566. The monoisotopic (exact) mass is 145 g/mol. The van der Waals surface area contributed by atoms with Crippen LogP contribution < -0.4 is 0 Å². The fraction of sp³-hybridized carbons (Fsp3) is 0.875. The first kappa shape index (κ1) is 9.92. The molecule has 0 bridgehead atoms. The number of hydrogen-bond acceptors (Lipinski definition) is 2. The minimum atomic E-state index is 0.738. The molecule has 0 amide bonds. The molecule has 0 aromatic heterocycles. The normalized spacial score (nSPS) is 10.8. The maximum absolute atomic E-state index is 4.99. The third-order valence-corrected chi connectivity index (χ3v) is 1.30. The van der Waals surface area contributed by atoms with Gasteiger partial charge in [-0.25, -0.2) is 0 Å². The van der Waals surface area contributed by atoms with E-state index in [1.807, 2.05) is 0 Å². The molecular formula is C8H17O2. The number of methoxy groups -OCH3 is 2. The van der Waals surface area contributed by atoms with E-state index in [9.17, 15) is 0 Å². The molecule has 1 radical (unpaired) electrons. The highest BCUT2D eigenvalue weighted by molar-refractivity contribution is 4.88. The van der Waals surface area contributed by atoms with Crippen molar-refractivity contribution >= 4 is 0 Å². The van der Waals surface area contributed by atoms with E-state index >= 15 is 0 Å². The Labute approximate surface area is 63.5 Å². The lowest BCUT2D eigenvalue weighted by atomic mass is 10.1. The Morgan fingerprint density at radius 1 is 1.10 bits per heavy atom. The summed E-state index contributed by atoms with van der Waals surface area (Å²) in [5.41, 5.74) is 0. The van der Waals surface area contributed by atoms with Gasteiger partial charge in [0.15, 0.2) is 0 Å². The molecule has 0 aliphatic heterocycles. The number of rotatable bonds is 6. The molecule has 0 rings (SSSR count). The van der Waals surface area contributed by atoms with Crippen molar-refractivity contribution in [3.8, 4) is 0 Å². The van der Waals surface area contributed by atoms with Crippen LogP contribution in [-0.2, 0) is 9.47 Å². The van der Waals surface area contributed by atoms with Crippen LogP contribution in [0.4, 0.5) is 0 Å². The second kappa shape index (κ2) is 7.03. The van der Waals surface area contributed by atoms with Crippen molar-refractivity contribution in [1.29, 1.82) is 0 Å². The summed E-state index contributed by atoms with van der Waals surface area (Å²) in [7, 11) is 3.43. The number of hydrogen-bond donors (Lipinski definition) is 0. The lowest BCUT2D eigenvalue weighted by Crippen LogP contribution is -2.11. The van der Waals surface area contributed by atoms with E-state index in [0.29, 0.717) is 0 Å². The average Bonchev–Trinajstić information content (AvgIpc) is 1.90. The Kier molecular flexibility index (Phi) is 6.98. The van der Waals surface area contributed by atoms with Crippen molar-refractivity contribution in [2.24, 2.45) is 0 Å². The highest BCUT2D eigenvalue weighted by atomic mass is 16.5. The molecule has 0 spiro atoms. The van der Waals surface area contributed by atoms with Gasteiger partial charge in [0, 0.05) is 20.1 Å². The molecule has 0 saturated heterocycles. The van der Waals surface area contributed by atoms with Crippen LogP contribution in [-0.4, -0.2) is 27.4 Å². The summed E-state index contributed by atoms with van der Waals surface area (Å²) in [5.74, 6) is 1.34. The van der Waals surface area contributed by atoms with Crippen molar-refractivity contribution in [3.05, 3.63) is 5.92 Å². The van der Waals surface area contributed by atoms with Gasteiger partial charge in [0.05, 0.1) is 13.2 Å². The second-order valence-electron chi connectivity index (χ2n) is 2.37. The summed E-state index contributed by atoms with van der Waals surface area (Å²) in [5, 5.41) is 0. The van der Waals surface area contributed by atoms with E-state index in [0.717, 1.165) is 19.6 Å². The molecule has 0 N–H and O–H groups in total. The van der Waals surface area contributed by atoms with E-state index in [4.69, 9.17) is 9.47 Å². The van der Waals surface area contributed by atoms with Gasteiger partial charge < -0.3 is 9.47 Å². The van der Waals surface area contributed by atoms with E-state index in [1.54, 1.807) is 14.2 Å². The zero-order valence-electron chi connectivity index (χ0n) is 7.14. The summed E-state index contributed by atoms with van der Waals surface area (Å²) in [4.78, 5) is 0. The second-order valence-corrected chi connectivity index (χ2v) is 2.37. The summed E-state index contributed by atoms with van der Waals surface area (Å²) in [6.45, 7) is 3.63. The van der Waals surface area contributed by atoms with Gasteiger partial charge in [-0.05, 0) is 6.42 Å². The maximum atomic E-state index is 4.99. The van der Waals surface area contributed by atoms with Crippen molar-refractivity contribution in [2.45, 2.75) is 19.8 Å². The molecule has 0 unspecified atom stereocenters. The predicted octanol–water partition coefficient (Wildman–Crippen LogP) is 1.65. The van der Waals surface area contributed by atoms with Crippen LogP contribution in [0.2, 0.25) is 0 Å². The summed E-state index contributed by atoms with van der Waals surface area (Å²) < 4.78 is 9.98. The molecule has 0 aromatic carbocycles. The van der Waals surface area contributed by atoms with Crippen molar-refractivity contribution < 1.29 is 9.47 Å². The third kappa shape index (κ3) is 4.77. The molecule has 10 heavy (non-hydrogen) atoms. The van der Waals surface area contributed by atoms with Crippen LogP contribution in [0.5, 0.6) is 0 Å². The van der Waals surface area contributed by atoms with Crippen LogP contribution in [0.15, 0.2) is 0 Å². The Morgan fingerprint density at radius 3 is 1.90 bits per heavy atom. The van der Waals surface area contributed by atoms with Crippen LogP contribution in [0.3, 0.4) is 0 Å². The van der Waals surface area contributed by atoms with Gasteiger partial charge >= 0.3 is 0 Å². The molecule has 0 fully saturated rings. The first-order valence-corrected chi connectivity index (χ1v) is 3.66. The average molecular weight is 145 g/mol. The van der Waals surface area contributed by atoms with Gasteiger partial charge in [-0.3, -0.25) is 0 Å². The van der Waals surface area contributed by atoms with Gasteiger partial charge in [0.1, 0.15) is 0 Å². The molecule has 2 nitrogen and oxygen atoms in total. The van der Waals surface area contributed by atoms with E-state index in [-0.39, 0.29) is 0 Å². The summed E-state index contributed by atoms with van der Waals surface area (Å²) in [6, 6.07) is 0. The smallest absolute Gasteiger partial charge is 0.0547 e. The first-order valence-electron chi connectivity index (χ1n) is 3.66. The Balaban J connectivity index is 3.30. The topological polar surface area (TPSA) is 18.5 Å². The van der Waals surface area contributed by atoms with Gasteiger partial charge in [-0.15, -0.1) is 0 Å². The molecule has 2 heteroatoms. The van der Waals surface area contributed by atoms with Gasteiger partial charge in [-0.2, -0.15) is 0 Å². The van der Waals surface area contributed by atoms with Crippen LogP contribution >= 0.6 is 0 Å². The van der Waals surface area contributed by atoms with Gasteiger partial charge in [-0.1, -0.05) is 13.3 Å². The van der Waals surface area contributed by atoms with E-state index in [1.165, 1.54) is 12.3 Å². The standard InChI is InChI=1S/C8H17O2/c1-4-5-8(6-9-2)7-10-3/h4-7H2,1-3H3. The molecule has 0 aromatic rings. The lowest BCUT2D eigenvalue weighted by molar-refractivity contribution is 0.151. The van der Waals surface area contributed by atoms with Crippen molar-refractivity contribution in [3.63, 3.8) is 0 Å².